The molecule has 1 fully saturated rings. The molecule has 0 saturated carbocycles. The molecule has 0 amide bonds. The summed E-state index contributed by atoms with van der Waals surface area (Å²) in [6, 6.07) is 16.1. The van der Waals surface area contributed by atoms with E-state index in [-0.39, 0.29) is 0 Å². The van der Waals surface area contributed by atoms with Crippen molar-refractivity contribution in [3.8, 4) is 6.07 Å². The van der Waals surface area contributed by atoms with Crippen molar-refractivity contribution in [1.82, 2.24) is 19.5 Å². The van der Waals surface area contributed by atoms with E-state index in [2.05, 4.69) is 31.6 Å². The molecule has 3 heterocycles. The van der Waals surface area contributed by atoms with E-state index < -0.39 is 0 Å². The summed E-state index contributed by atoms with van der Waals surface area (Å²) in [5, 5.41) is 17.7. The molecule has 0 unspecified atom stereocenters. The largest absolute Gasteiger partial charge is 0.299 e. The lowest BCUT2D eigenvalue weighted by atomic mass is 9.95. The van der Waals surface area contributed by atoms with Crippen molar-refractivity contribution in [2.24, 2.45) is 0 Å². The first-order valence-electron chi connectivity index (χ1n) is 8.34. The van der Waals surface area contributed by atoms with Crippen molar-refractivity contribution in [1.29, 1.82) is 5.26 Å². The highest BCUT2D eigenvalue weighted by atomic mass is 15.2. The van der Waals surface area contributed by atoms with E-state index in [9.17, 15) is 0 Å². The van der Waals surface area contributed by atoms with Crippen LogP contribution in [0.5, 0.6) is 0 Å². The average molecular weight is 317 g/mol. The molecule has 1 aromatic carbocycles. The maximum absolute atomic E-state index is 9.02. The lowest BCUT2D eigenvalue weighted by Crippen LogP contribution is -2.33. The smallest absolute Gasteiger partial charge is 0.160 e. The average Bonchev–Trinajstić information content (AvgIpc) is 3.07. The molecule has 2 aromatic heterocycles. The summed E-state index contributed by atoms with van der Waals surface area (Å²) in [5.74, 6) is 1.54. The van der Waals surface area contributed by atoms with Gasteiger partial charge in [-0.2, -0.15) is 5.26 Å². The van der Waals surface area contributed by atoms with E-state index in [0.717, 1.165) is 49.5 Å². The molecular weight excluding hydrogens is 298 g/mol. The summed E-state index contributed by atoms with van der Waals surface area (Å²) in [5.41, 5.74) is 2.86. The predicted octanol–water partition coefficient (Wildman–Crippen LogP) is 2.98. The lowest BCUT2D eigenvalue weighted by Gasteiger charge is -2.31. The summed E-state index contributed by atoms with van der Waals surface area (Å²) in [7, 11) is 0. The fraction of sp³-hybridized carbons (Fsp3) is 0.316. The van der Waals surface area contributed by atoms with Gasteiger partial charge in [-0.25, -0.2) is 0 Å². The highest BCUT2D eigenvalue weighted by molar-refractivity contribution is 5.37. The van der Waals surface area contributed by atoms with Crippen LogP contribution >= 0.6 is 0 Å². The minimum atomic E-state index is 0.462. The van der Waals surface area contributed by atoms with Gasteiger partial charge in [0.15, 0.2) is 5.65 Å². The summed E-state index contributed by atoms with van der Waals surface area (Å²) in [6.07, 6.45) is 4.23. The Balaban J connectivity index is 1.42. The second-order valence-corrected chi connectivity index (χ2v) is 6.35. The van der Waals surface area contributed by atoms with Gasteiger partial charge in [0.2, 0.25) is 0 Å². The van der Waals surface area contributed by atoms with Crippen LogP contribution in [-0.4, -0.2) is 32.6 Å². The normalized spacial score (nSPS) is 16.3. The predicted molar refractivity (Wildman–Crippen MR) is 91.4 cm³/mol. The minimum Gasteiger partial charge on any atom is -0.299 e. The molecule has 24 heavy (non-hydrogen) atoms. The second kappa shape index (κ2) is 6.42. The van der Waals surface area contributed by atoms with E-state index in [1.54, 1.807) is 0 Å². The van der Waals surface area contributed by atoms with Crippen LogP contribution in [0.25, 0.3) is 5.65 Å². The van der Waals surface area contributed by atoms with Gasteiger partial charge in [-0.15, -0.1) is 10.2 Å². The molecule has 0 bridgehead atoms. The maximum Gasteiger partial charge on any atom is 0.160 e. The van der Waals surface area contributed by atoms with Crippen molar-refractivity contribution in [2.45, 2.75) is 25.3 Å². The Morgan fingerprint density at radius 1 is 1.08 bits per heavy atom. The molecule has 0 N–H and O–H groups in total. The van der Waals surface area contributed by atoms with Crippen molar-refractivity contribution in [3.05, 3.63) is 65.6 Å². The van der Waals surface area contributed by atoms with E-state index in [1.807, 2.05) is 42.6 Å². The van der Waals surface area contributed by atoms with E-state index in [1.165, 1.54) is 5.56 Å². The standard InChI is InChI=1S/C19H19N5/c20-13-15-4-3-5-16(12-15)14-23-10-7-17(8-11-23)19-22-21-18-6-1-2-9-24(18)19/h1-6,9,12,17H,7-8,10-11,14H2. The van der Waals surface area contributed by atoms with Crippen molar-refractivity contribution in [2.75, 3.05) is 13.1 Å². The highest BCUT2D eigenvalue weighted by Crippen LogP contribution is 2.27. The monoisotopic (exact) mass is 317 g/mol. The number of hydrogen-bond donors (Lipinski definition) is 0. The molecule has 120 valence electrons. The SMILES string of the molecule is N#Cc1cccc(CN2CCC(c3nnc4ccccn34)CC2)c1. The zero-order chi connectivity index (χ0) is 16.4. The van der Waals surface area contributed by atoms with E-state index in [0.29, 0.717) is 5.92 Å². The first-order chi connectivity index (χ1) is 11.8. The quantitative estimate of drug-likeness (QED) is 0.745. The van der Waals surface area contributed by atoms with Gasteiger partial charge in [0.05, 0.1) is 11.6 Å². The molecule has 4 rings (SSSR count). The Kier molecular flexibility index (Phi) is 3.97. The zero-order valence-electron chi connectivity index (χ0n) is 13.5. The number of fused-ring (bicyclic) bond motifs is 1. The van der Waals surface area contributed by atoms with Crippen LogP contribution in [0.3, 0.4) is 0 Å². The Hall–Kier alpha value is -2.71. The molecule has 0 spiro atoms. The Labute approximate surface area is 141 Å². The summed E-state index contributed by atoms with van der Waals surface area (Å²) < 4.78 is 2.11. The number of rotatable bonds is 3. The maximum atomic E-state index is 9.02. The third kappa shape index (κ3) is 2.89. The van der Waals surface area contributed by atoms with Gasteiger partial charge < -0.3 is 0 Å². The number of nitrogens with zero attached hydrogens (tertiary/aromatic N) is 5. The summed E-state index contributed by atoms with van der Waals surface area (Å²) >= 11 is 0. The highest BCUT2D eigenvalue weighted by Gasteiger charge is 2.24. The van der Waals surface area contributed by atoms with Crippen LogP contribution in [-0.2, 0) is 6.54 Å². The van der Waals surface area contributed by atoms with Gasteiger partial charge in [-0.3, -0.25) is 9.30 Å². The first-order valence-corrected chi connectivity index (χ1v) is 8.34. The third-order valence-corrected chi connectivity index (χ3v) is 4.76. The number of hydrogen-bond acceptors (Lipinski definition) is 4. The molecular formula is C19H19N5. The van der Waals surface area contributed by atoms with E-state index in [4.69, 9.17) is 5.26 Å². The third-order valence-electron chi connectivity index (χ3n) is 4.76. The van der Waals surface area contributed by atoms with Gasteiger partial charge in [0.1, 0.15) is 5.82 Å². The van der Waals surface area contributed by atoms with Gasteiger partial charge >= 0.3 is 0 Å². The van der Waals surface area contributed by atoms with Crippen LogP contribution in [0.2, 0.25) is 0 Å². The number of nitriles is 1. The fourth-order valence-corrected chi connectivity index (χ4v) is 3.48. The van der Waals surface area contributed by atoms with Crippen LogP contribution in [0.4, 0.5) is 0 Å². The Morgan fingerprint density at radius 2 is 1.96 bits per heavy atom. The number of aromatic nitrogens is 3. The molecule has 1 aliphatic heterocycles. The fourth-order valence-electron chi connectivity index (χ4n) is 3.48. The topological polar surface area (TPSA) is 57.2 Å². The van der Waals surface area contributed by atoms with Crippen LogP contribution in [0, 0.1) is 11.3 Å². The molecule has 3 aromatic rings. The number of pyridine rings is 1. The van der Waals surface area contributed by atoms with Crippen molar-refractivity contribution < 1.29 is 0 Å². The van der Waals surface area contributed by atoms with Crippen LogP contribution in [0.1, 0.15) is 35.7 Å². The minimum absolute atomic E-state index is 0.462. The second-order valence-electron chi connectivity index (χ2n) is 6.35. The first kappa shape index (κ1) is 14.9. The number of benzene rings is 1. The lowest BCUT2D eigenvalue weighted by molar-refractivity contribution is 0.201. The van der Waals surface area contributed by atoms with Gasteiger partial charge in [0, 0.05) is 18.7 Å². The van der Waals surface area contributed by atoms with Gasteiger partial charge in [-0.05, 0) is 55.8 Å². The van der Waals surface area contributed by atoms with Gasteiger partial charge in [-0.1, -0.05) is 18.2 Å². The molecule has 5 nitrogen and oxygen atoms in total. The van der Waals surface area contributed by atoms with Gasteiger partial charge in [0.25, 0.3) is 0 Å². The van der Waals surface area contributed by atoms with Crippen molar-refractivity contribution in [3.63, 3.8) is 0 Å². The summed E-state index contributed by atoms with van der Waals surface area (Å²) in [4.78, 5) is 2.45. The van der Waals surface area contributed by atoms with Crippen LogP contribution < -0.4 is 0 Å². The molecule has 0 atom stereocenters. The Bertz CT molecular complexity index is 884. The molecule has 1 saturated heterocycles. The van der Waals surface area contributed by atoms with E-state index >= 15 is 0 Å². The molecule has 1 aliphatic rings. The van der Waals surface area contributed by atoms with Crippen LogP contribution in [0.15, 0.2) is 48.7 Å². The molecule has 0 radical (unpaired) electrons. The molecule has 5 heteroatoms. The molecule has 0 aliphatic carbocycles. The number of piperidine rings is 1. The summed E-state index contributed by atoms with van der Waals surface area (Å²) in [6.45, 7) is 3.00. The number of likely N-dealkylation sites (tertiary alicyclic amines) is 1. The van der Waals surface area contributed by atoms with Crippen molar-refractivity contribution >= 4 is 5.65 Å². The Morgan fingerprint density at radius 3 is 2.79 bits per heavy atom. The zero-order valence-corrected chi connectivity index (χ0v) is 13.5.